The van der Waals surface area contributed by atoms with Crippen LogP contribution in [0.2, 0.25) is 0 Å². The second kappa shape index (κ2) is 8.44. The first kappa shape index (κ1) is 14.4. The van der Waals surface area contributed by atoms with Crippen molar-refractivity contribution in [3.63, 3.8) is 0 Å². The van der Waals surface area contributed by atoms with Gasteiger partial charge in [-0.15, -0.1) is 0 Å². The van der Waals surface area contributed by atoms with Gasteiger partial charge in [0.25, 0.3) is 0 Å². The minimum absolute atomic E-state index is 0.0416. The minimum Gasteiger partial charge on any atom is -0.382 e. The SMILES string of the molecule is COCCOCC(=O)NCC1CCCCN1C. The molecule has 1 aliphatic rings. The molecule has 1 atom stereocenters. The number of ether oxygens (including phenoxy) is 2. The lowest BCUT2D eigenvalue weighted by Crippen LogP contribution is -2.45. The van der Waals surface area contributed by atoms with Crippen LogP contribution in [0, 0.1) is 0 Å². The van der Waals surface area contributed by atoms with Gasteiger partial charge in [-0.3, -0.25) is 4.79 Å². The van der Waals surface area contributed by atoms with Crippen molar-refractivity contribution in [3.05, 3.63) is 0 Å². The van der Waals surface area contributed by atoms with Crippen LogP contribution in [-0.2, 0) is 14.3 Å². The summed E-state index contributed by atoms with van der Waals surface area (Å²) >= 11 is 0. The molecule has 0 aliphatic carbocycles. The van der Waals surface area contributed by atoms with Crippen LogP contribution in [0.5, 0.6) is 0 Å². The van der Waals surface area contributed by atoms with E-state index < -0.39 is 0 Å². The highest BCUT2D eigenvalue weighted by atomic mass is 16.5. The third kappa shape index (κ3) is 6.00. The first-order chi connectivity index (χ1) is 8.24. The van der Waals surface area contributed by atoms with E-state index in [4.69, 9.17) is 9.47 Å². The van der Waals surface area contributed by atoms with Crippen molar-refractivity contribution in [1.29, 1.82) is 0 Å². The molecule has 0 aromatic carbocycles. The van der Waals surface area contributed by atoms with E-state index in [0.717, 1.165) is 13.1 Å². The maximum atomic E-state index is 11.5. The lowest BCUT2D eigenvalue weighted by atomic mass is 10.0. The predicted octanol–water partition coefficient (Wildman–Crippen LogP) is 0.250. The Morgan fingerprint density at radius 1 is 1.41 bits per heavy atom. The molecule has 1 aliphatic heterocycles. The molecule has 1 rings (SSSR count). The summed E-state index contributed by atoms with van der Waals surface area (Å²) in [4.78, 5) is 13.8. The van der Waals surface area contributed by atoms with Crippen LogP contribution < -0.4 is 5.32 Å². The Bertz CT molecular complexity index is 224. The molecule has 0 radical (unpaired) electrons. The van der Waals surface area contributed by atoms with E-state index in [2.05, 4.69) is 17.3 Å². The number of carbonyl (C=O) groups excluding carboxylic acids is 1. The third-order valence-electron chi connectivity index (χ3n) is 3.12. The summed E-state index contributed by atoms with van der Waals surface area (Å²) in [5, 5.41) is 2.91. The van der Waals surface area contributed by atoms with Crippen molar-refractivity contribution >= 4 is 5.91 Å². The van der Waals surface area contributed by atoms with E-state index in [1.165, 1.54) is 19.3 Å². The molecule has 100 valence electrons. The molecule has 1 fully saturated rings. The van der Waals surface area contributed by atoms with Crippen molar-refractivity contribution in [2.24, 2.45) is 0 Å². The topological polar surface area (TPSA) is 50.8 Å². The van der Waals surface area contributed by atoms with Gasteiger partial charge in [0.1, 0.15) is 6.61 Å². The molecule has 5 heteroatoms. The van der Waals surface area contributed by atoms with E-state index >= 15 is 0 Å². The number of nitrogens with zero attached hydrogens (tertiary/aromatic N) is 1. The number of hydrogen-bond donors (Lipinski definition) is 1. The van der Waals surface area contributed by atoms with E-state index in [1.807, 2.05) is 0 Å². The molecular formula is C12H24N2O3. The number of methoxy groups -OCH3 is 1. The van der Waals surface area contributed by atoms with Crippen molar-refractivity contribution in [1.82, 2.24) is 10.2 Å². The van der Waals surface area contributed by atoms with E-state index in [-0.39, 0.29) is 12.5 Å². The molecule has 17 heavy (non-hydrogen) atoms. The normalized spacial score (nSPS) is 21.4. The molecule has 1 amide bonds. The van der Waals surface area contributed by atoms with Crippen molar-refractivity contribution in [3.8, 4) is 0 Å². The largest absolute Gasteiger partial charge is 0.382 e. The van der Waals surface area contributed by atoms with Crippen molar-refractivity contribution in [2.75, 3.05) is 47.1 Å². The first-order valence-electron chi connectivity index (χ1n) is 6.27. The monoisotopic (exact) mass is 244 g/mol. The van der Waals surface area contributed by atoms with Crippen LogP contribution in [-0.4, -0.2) is 63.9 Å². The highest BCUT2D eigenvalue weighted by Gasteiger charge is 2.18. The van der Waals surface area contributed by atoms with Crippen LogP contribution in [0.1, 0.15) is 19.3 Å². The summed E-state index contributed by atoms with van der Waals surface area (Å²) in [6.45, 7) is 2.97. The Hall–Kier alpha value is -0.650. The second-order valence-electron chi connectivity index (χ2n) is 4.48. The molecule has 0 aromatic heterocycles. The molecule has 1 saturated heterocycles. The quantitative estimate of drug-likeness (QED) is 0.652. The number of likely N-dealkylation sites (tertiary alicyclic amines) is 1. The van der Waals surface area contributed by atoms with Crippen LogP contribution in [0.25, 0.3) is 0 Å². The number of hydrogen-bond acceptors (Lipinski definition) is 4. The Balaban J connectivity index is 2.06. The van der Waals surface area contributed by atoms with Gasteiger partial charge in [0.05, 0.1) is 13.2 Å². The van der Waals surface area contributed by atoms with Crippen molar-refractivity contribution < 1.29 is 14.3 Å². The average molecular weight is 244 g/mol. The highest BCUT2D eigenvalue weighted by Crippen LogP contribution is 2.13. The molecule has 5 nitrogen and oxygen atoms in total. The molecular weight excluding hydrogens is 220 g/mol. The van der Waals surface area contributed by atoms with Gasteiger partial charge in [0.2, 0.25) is 5.91 Å². The van der Waals surface area contributed by atoms with Gasteiger partial charge in [0.15, 0.2) is 0 Å². The van der Waals surface area contributed by atoms with Gasteiger partial charge in [0, 0.05) is 19.7 Å². The van der Waals surface area contributed by atoms with Gasteiger partial charge < -0.3 is 19.7 Å². The number of carbonyl (C=O) groups is 1. The summed E-state index contributed by atoms with van der Waals surface area (Å²) in [6, 6.07) is 0.478. The van der Waals surface area contributed by atoms with Crippen molar-refractivity contribution in [2.45, 2.75) is 25.3 Å². The Labute approximate surface area is 103 Å². The summed E-state index contributed by atoms with van der Waals surface area (Å²) in [5.41, 5.74) is 0. The highest BCUT2D eigenvalue weighted by molar-refractivity contribution is 5.77. The number of piperidine rings is 1. The fraction of sp³-hybridized carbons (Fsp3) is 0.917. The fourth-order valence-electron chi connectivity index (χ4n) is 1.99. The van der Waals surface area contributed by atoms with Gasteiger partial charge in [-0.2, -0.15) is 0 Å². The fourth-order valence-corrected chi connectivity index (χ4v) is 1.99. The summed E-state index contributed by atoms with van der Waals surface area (Å²) in [6.07, 6.45) is 3.69. The first-order valence-corrected chi connectivity index (χ1v) is 6.27. The molecule has 1 heterocycles. The molecule has 0 spiro atoms. The predicted molar refractivity (Wildman–Crippen MR) is 66.0 cm³/mol. The van der Waals surface area contributed by atoms with E-state index in [0.29, 0.717) is 19.3 Å². The van der Waals surface area contributed by atoms with Crippen LogP contribution >= 0.6 is 0 Å². The number of rotatable bonds is 7. The molecule has 0 saturated carbocycles. The van der Waals surface area contributed by atoms with Crippen LogP contribution in [0.4, 0.5) is 0 Å². The zero-order valence-electron chi connectivity index (χ0n) is 10.9. The smallest absolute Gasteiger partial charge is 0.246 e. The molecule has 1 N–H and O–H groups in total. The van der Waals surface area contributed by atoms with Crippen LogP contribution in [0.3, 0.4) is 0 Å². The minimum atomic E-state index is -0.0416. The Morgan fingerprint density at radius 3 is 2.94 bits per heavy atom. The zero-order chi connectivity index (χ0) is 12.5. The summed E-state index contributed by atoms with van der Waals surface area (Å²) in [7, 11) is 3.73. The number of amides is 1. The third-order valence-corrected chi connectivity index (χ3v) is 3.12. The zero-order valence-corrected chi connectivity index (χ0v) is 10.9. The van der Waals surface area contributed by atoms with Gasteiger partial charge in [-0.25, -0.2) is 0 Å². The maximum absolute atomic E-state index is 11.5. The Kier molecular flexibility index (Phi) is 7.16. The summed E-state index contributed by atoms with van der Waals surface area (Å²) in [5.74, 6) is -0.0416. The lowest BCUT2D eigenvalue weighted by molar-refractivity contribution is -0.126. The van der Waals surface area contributed by atoms with Crippen LogP contribution in [0.15, 0.2) is 0 Å². The maximum Gasteiger partial charge on any atom is 0.246 e. The van der Waals surface area contributed by atoms with Gasteiger partial charge in [-0.05, 0) is 26.4 Å². The molecule has 0 bridgehead atoms. The number of likely N-dealkylation sites (N-methyl/N-ethyl adjacent to an activating group) is 1. The van der Waals surface area contributed by atoms with Gasteiger partial charge >= 0.3 is 0 Å². The standard InChI is InChI=1S/C12H24N2O3/c1-14-6-4-3-5-11(14)9-13-12(15)10-17-8-7-16-2/h11H,3-10H2,1-2H3,(H,13,15). The molecule has 0 aromatic rings. The van der Waals surface area contributed by atoms with E-state index in [1.54, 1.807) is 7.11 Å². The second-order valence-corrected chi connectivity index (χ2v) is 4.48. The molecule has 1 unspecified atom stereocenters. The lowest BCUT2D eigenvalue weighted by Gasteiger charge is -2.32. The Morgan fingerprint density at radius 2 is 2.24 bits per heavy atom. The number of nitrogens with one attached hydrogen (secondary N) is 1. The average Bonchev–Trinajstić information content (AvgIpc) is 2.34. The summed E-state index contributed by atoms with van der Waals surface area (Å²) < 4.78 is 9.98. The van der Waals surface area contributed by atoms with Gasteiger partial charge in [-0.1, -0.05) is 6.42 Å². The van der Waals surface area contributed by atoms with E-state index in [9.17, 15) is 4.79 Å².